The third-order valence-electron chi connectivity index (χ3n) is 9.16. The minimum Gasteiger partial charge on any atom is -0.394 e. The van der Waals surface area contributed by atoms with E-state index < -0.39 is 26.9 Å². The normalized spacial score (nSPS) is 14.2. The first-order chi connectivity index (χ1) is 24.4. The van der Waals surface area contributed by atoms with Gasteiger partial charge in [0, 0.05) is 43.1 Å². The number of hydrogen-bond acceptors (Lipinski definition) is 8. The van der Waals surface area contributed by atoms with Crippen LogP contribution in [0.3, 0.4) is 0 Å². The van der Waals surface area contributed by atoms with Crippen molar-refractivity contribution >= 4 is 33.2 Å². The molecule has 0 fully saturated rings. The van der Waals surface area contributed by atoms with Crippen LogP contribution in [0.2, 0.25) is 0 Å². The molecule has 2 amide bonds. The van der Waals surface area contributed by atoms with Crippen LogP contribution in [0.25, 0.3) is 5.69 Å². The average Bonchev–Trinajstić information content (AvgIpc) is 3.51. The van der Waals surface area contributed by atoms with Crippen molar-refractivity contribution in [2.45, 2.75) is 77.3 Å². The lowest BCUT2D eigenvalue weighted by Crippen LogP contribution is -2.46. The van der Waals surface area contributed by atoms with E-state index in [2.05, 4.69) is 23.7 Å². The van der Waals surface area contributed by atoms with Crippen molar-refractivity contribution in [1.82, 2.24) is 19.6 Å². The van der Waals surface area contributed by atoms with E-state index in [0.717, 1.165) is 42.9 Å². The number of rotatable bonds is 14. The van der Waals surface area contributed by atoms with E-state index in [1.165, 1.54) is 35.9 Å². The van der Waals surface area contributed by atoms with Gasteiger partial charge in [-0.3, -0.25) is 24.4 Å². The highest BCUT2D eigenvalue weighted by Gasteiger charge is 2.32. The zero-order valence-electron chi connectivity index (χ0n) is 29.3. The fourth-order valence-corrected chi connectivity index (χ4v) is 7.61. The van der Waals surface area contributed by atoms with Gasteiger partial charge in [-0.05, 0) is 74.1 Å². The van der Waals surface area contributed by atoms with Crippen molar-refractivity contribution in [2.75, 3.05) is 24.4 Å². The zero-order valence-corrected chi connectivity index (χ0v) is 30.1. The topological polar surface area (TPSA) is 168 Å². The van der Waals surface area contributed by atoms with E-state index in [0.29, 0.717) is 36.5 Å². The predicted octanol–water partition coefficient (Wildman–Crippen LogP) is 5.80. The minimum atomic E-state index is -4.33. The summed E-state index contributed by atoms with van der Waals surface area (Å²) in [7, 11) is -4.33. The minimum absolute atomic E-state index is 0.0392. The molecular formula is C37H44N6O7S. The summed E-state index contributed by atoms with van der Waals surface area (Å²) in [4.78, 5) is 42.1. The number of nitro groups is 1. The van der Waals surface area contributed by atoms with Gasteiger partial charge in [0.15, 0.2) is 5.69 Å². The molecule has 1 aliphatic heterocycles. The first-order valence-electron chi connectivity index (χ1n) is 17.1. The van der Waals surface area contributed by atoms with Crippen LogP contribution in [0.15, 0.2) is 71.6 Å². The molecule has 0 bridgehead atoms. The van der Waals surface area contributed by atoms with Crippen LogP contribution in [-0.2, 0) is 23.0 Å². The summed E-state index contributed by atoms with van der Waals surface area (Å²) < 4.78 is 31.2. The smallest absolute Gasteiger partial charge is 0.274 e. The third kappa shape index (κ3) is 8.12. The maximum Gasteiger partial charge on any atom is 0.274 e. The van der Waals surface area contributed by atoms with Gasteiger partial charge in [0.2, 0.25) is 0 Å². The van der Waals surface area contributed by atoms with Gasteiger partial charge in [-0.1, -0.05) is 57.0 Å². The molecule has 0 spiro atoms. The molecule has 0 aliphatic carbocycles. The number of nitro benzene ring substituents is 1. The Hall–Kier alpha value is -5.08. The number of nitrogens with one attached hydrogen (secondary N) is 1. The number of nitrogens with zero attached hydrogens (tertiary/aromatic N) is 5. The van der Waals surface area contributed by atoms with Crippen LogP contribution in [0.1, 0.15) is 82.8 Å². The number of anilines is 1. The number of carbonyl (C=O) groups excluding carboxylic acids is 2. The van der Waals surface area contributed by atoms with Crippen molar-refractivity contribution in [1.29, 1.82) is 0 Å². The molecule has 0 radical (unpaired) electrons. The molecule has 3 aromatic carbocycles. The van der Waals surface area contributed by atoms with Crippen molar-refractivity contribution in [3.05, 3.63) is 110 Å². The van der Waals surface area contributed by atoms with E-state index in [4.69, 9.17) is 0 Å². The first-order valence-corrected chi connectivity index (χ1v) is 18.6. The third-order valence-corrected chi connectivity index (χ3v) is 10.7. The van der Waals surface area contributed by atoms with Crippen LogP contribution >= 0.6 is 0 Å². The fraction of sp³-hybridized carbons (Fsp3) is 0.378. The molecule has 14 heteroatoms. The Balaban J connectivity index is 1.59. The van der Waals surface area contributed by atoms with Gasteiger partial charge in [0.25, 0.3) is 27.5 Å². The molecule has 1 atom stereocenters. The molecular weight excluding hydrogens is 673 g/mol. The SMILES string of the molecule is CCCCN(CCCC)C(=O)c1cc(C)n(-c2ccc(NS(=O)(=O)c3cc([N+](=O)[O-])ccc3C)cc2C(=O)N2Cc3ccccc3C[C@H]2CO)n1. The highest BCUT2D eigenvalue weighted by molar-refractivity contribution is 7.92. The van der Waals surface area contributed by atoms with Gasteiger partial charge in [0.05, 0.1) is 33.7 Å². The second kappa shape index (κ2) is 15.9. The number of amides is 2. The number of aromatic nitrogens is 2. The second-order valence-corrected chi connectivity index (χ2v) is 14.5. The lowest BCUT2D eigenvalue weighted by atomic mass is 9.93. The molecule has 13 nitrogen and oxygen atoms in total. The molecule has 0 saturated carbocycles. The summed E-state index contributed by atoms with van der Waals surface area (Å²) >= 11 is 0. The number of aliphatic hydroxyl groups is 1. The highest BCUT2D eigenvalue weighted by Crippen LogP contribution is 2.30. The molecule has 0 unspecified atom stereocenters. The van der Waals surface area contributed by atoms with E-state index in [-0.39, 0.29) is 46.6 Å². The molecule has 2 heterocycles. The molecule has 1 aromatic heterocycles. The highest BCUT2D eigenvalue weighted by atomic mass is 32.2. The summed E-state index contributed by atoms with van der Waals surface area (Å²) in [5.41, 5.74) is 3.13. The number of fused-ring (bicyclic) bond motifs is 1. The Kier molecular flexibility index (Phi) is 11.6. The second-order valence-electron chi connectivity index (χ2n) is 12.9. The van der Waals surface area contributed by atoms with E-state index in [1.807, 2.05) is 24.3 Å². The number of non-ortho nitro benzene ring substituents is 1. The lowest BCUT2D eigenvalue weighted by molar-refractivity contribution is -0.385. The molecule has 4 aromatic rings. The maximum absolute atomic E-state index is 14.6. The van der Waals surface area contributed by atoms with Gasteiger partial charge >= 0.3 is 0 Å². The largest absolute Gasteiger partial charge is 0.394 e. The number of unbranched alkanes of at least 4 members (excludes halogenated alkanes) is 2. The Morgan fingerprint density at radius 2 is 1.69 bits per heavy atom. The van der Waals surface area contributed by atoms with Gasteiger partial charge in [0.1, 0.15) is 0 Å². The fourth-order valence-electron chi connectivity index (χ4n) is 6.30. The molecule has 51 heavy (non-hydrogen) atoms. The summed E-state index contributed by atoms with van der Waals surface area (Å²) in [6.45, 7) is 8.56. The summed E-state index contributed by atoms with van der Waals surface area (Å²) in [5, 5.41) is 26.5. The number of sulfonamides is 1. The maximum atomic E-state index is 14.6. The Morgan fingerprint density at radius 1 is 1.00 bits per heavy atom. The molecule has 2 N–H and O–H groups in total. The van der Waals surface area contributed by atoms with Crippen LogP contribution in [0.4, 0.5) is 11.4 Å². The number of benzene rings is 3. The van der Waals surface area contributed by atoms with Crippen LogP contribution < -0.4 is 4.72 Å². The van der Waals surface area contributed by atoms with Gasteiger partial charge < -0.3 is 14.9 Å². The van der Waals surface area contributed by atoms with E-state index in [9.17, 15) is 33.2 Å². The quantitative estimate of drug-likeness (QED) is 0.122. The number of aryl methyl sites for hydroxylation is 2. The van der Waals surface area contributed by atoms with E-state index >= 15 is 0 Å². The molecule has 1 aliphatic rings. The summed E-state index contributed by atoms with van der Waals surface area (Å²) in [6.07, 6.45) is 4.00. The van der Waals surface area contributed by atoms with Crippen LogP contribution in [0, 0.1) is 24.0 Å². The Morgan fingerprint density at radius 3 is 2.33 bits per heavy atom. The van der Waals surface area contributed by atoms with E-state index in [1.54, 1.807) is 28.9 Å². The Labute approximate surface area is 298 Å². The van der Waals surface area contributed by atoms with Gasteiger partial charge in [-0.25, -0.2) is 13.1 Å². The number of aliphatic hydroxyl groups excluding tert-OH is 1. The first kappa shape index (κ1) is 37.2. The zero-order chi connectivity index (χ0) is 36.9. The van der Waals surface area contributed by atoms with Crippen LogP contribution in [0.5, 0.6) is 0 Å². The lowest BCUT2D eigenvalue weighted by Gasteiger charge is -2.36. The monoisotopic (exact) mass is 716 g/mol. The number of hydrogen-bond donors (Lipinski definition) is 2. The van der Waals surface area contributed by atoms with Crippen molar-refractivity contribution in [2.24, 2.45) is 0 Å². The van der Waals surface area contributed by atoms with Crippen molar-refractivity contribution in [3.8, 4) is 5.69 Å². The van der Waals surface area contributed by atoms with Gasteiger partial charge in [-0.2, -0.15) is 5.10 Å². The van der Waals surface area contributed by atoms with Crippen LogP contribution in [-0.4, -0.2) is 75.6 Å². The molecule has 5 rings (SSSR count). The summed E-state index contributed by atoms with van der Waals surface area (Å²) in [6, 6.07) is 16.8. The average molecular weight is 717 g/mol. The molecule has 0 saturated heterocycles. The summed E-state index contributed by atoms with van der Waals surface area (Å²) in [5.74, 6) is -0.683. The van der Waals surface area contributed by atoms with Gasteiger partial charge in [-0.15, -0.1) is 0 Å². The van der Waals surface area contributed by atoms with Crippen molar-refractivity contribution in [3.63, 3.8) is 0 Å². The predicted molar refractivity (Wildman–Crippen MR) is 194 cm³/mol. The Bertz CT molecular complexity index is 2040. The van der Waals surface area contributed by atoms with Crippen molar-refractivity contribution < 1.29 is 28.0 Å². The number of carbonyl (C=O) groups is 2. The standard InChI is InChI=1S/C37H44N6O7S/c1-5-7-17-40(18-8-6-2)37(46)33-19-26(4)42(38-33)34-16-14-29(39-51(49,50)35-22-30(43(47)48)15-13-25(35)3)21-32(34)36(45)41-23-28-12-10-9-11-27(28)20-31(41)24-44/h9-16,19,21-22,31,39,44H,5-8,17-18,20,23-24H2,1-4H3/t31-/m0/s1. The molecule has 270 valence electrons.